The molecule has 0 saturated heterocycles. The van der Waals surface area contributed by atoms with Gasteiger partial charge in [-0.25, -0.2) is 4.39 Å². The summed E-state index contributed by atoms with van der Waals surface area (Å²) in [6.45, 7) is 4.37. The van der Waals surface area contributed by atoms with E-state index in [2.05, 4.69) is 5.32 Å². The number of hydrogen-bond donors (Lipinski definition) is 1. The summed E-state index contributed by atoms with van der Waals surface area (Å²) in [4.78, 5) is 12.3. The van der Waals surface area contributed by atoms with E-state index in [1.165, 1.54) is 6.07 Å². The first-order valence-corrected chi connectivity index (χ1v) is 8.06. The predicted octanol–water partition coefficient (Wildman–Crippen LogP) is 3.73. The third kappa shape index (κ3) is 3.50. The molecule has 1 aliphatic heterocycles. The molecule has 126 valence electrons. The van der Waals surface area contributed by atoms with E-state index >= 15 is 0 Å². The van der Waals surface area contributed by atoms with Crippen LogP contribution in [0.2, 0.25) is 0 Å². The monoisotopic (exact) mass is 329 g/mol. The lowest BCUT2D eigenvalue weighted by atomic mass is 10.1. The fourth-order valence-electron chi connectivity index (χ4n) is 2.82. The molecule has 1 amide bonds. The quantitative estimate of drug-likeness (QED) is 0.909. The second kappa shape index (κ2) is 6.91. The van der Waals surface area contributed by atoms with Crippen LogP contribution in [0, 0.1) is 5.82 Å². The first kappa shape index (κ1) is 16.3. The van der Waals surface area contributed by atoms with Crippen LogP contribution in [0.4, 0.5) is 10.1 Å². The lowest BCUT2D eigenvalue weighted by Crippen LogP contribution is -2.16. The molecule has 0 fully saturated rings. The third-order valence-electron chi connectivity index (χ3n) is 3.88. The standard InChI is InChI=1S/C19H20FNO3/c1-3-23-18-9-14-8-12(2)24-17(14)11-16(18)21-19(22)10-13-6-4-5-7-15(13)20/h4-7,9,11-12H,3,8,10H2,1-2H3,(H,21,22). The van der Waals surface area contributed by atoms with Crippen LogP contribution in [-0.4, -0.2) is 18.6 Å². The number of fused-ring (bicyclic) bond motifs is 1. The molecule has 24 heavy (non-hydrogen) atoms. The molecule has 0 bridgehead atoms. The maximum atomic E-state index is 13.7. The molecule has 1 atom stereocenters. The molecule has 1 N–H and O–H groups in total. The number of halogens is 1. The van der Waals surface area contributed by atoms with Crippen LogP contribution in [0.25, 0.3) is 0 Å². The third-order valence-corrected chi connectivity index (χ3v) is 3.88. The van der Waals surface area contributed by atoms with Crippen molar-refractivity contribution >= 4 is 11.6 Å². The Morgan fingerprint density at radius 2 is 2.17 bits per heavy atom. The van der Waals surface area contributed by atoms with Crippen molar-refractivity contribution in [3.63, 3.8) is 0 Å². The van der Waals surface area contributed by atoms with Crippen LogP contribution in [0.15, 0.2) is 36.4 Å². The Labute approximate surface area is 140 Å². The normalized spacial score (nSPS) is 15.5. The summed E-state index contributed by atoms with van der Waals surface area (Å²) in [5.41, 5.74) is 1.98. The van der Waals surface area contributed by atoms with Gasteiger partial charge in [-0.2, -0.15) is 0 Å². The summed E-state index contributed by atoms with van der Waals surface area (Å²) in [6.07, 6.45) is 0.893. The molecular weight excluding hydrogens is 309 g/mol. The molecule has 2 aromatic rings. The molecule has 1 unspecified atom stereocenters. The van der Waals surface area contributed by atoms with E-state index in [-0.39, 0.29) is 24.2 Å². The van der Waals surface area contributed by atoms with Crippen molar-refractivity contribution in [3.05, 3.63) is 53.3 Å². The fourth-order valence-corrected chi connectivity index (χ4v) is 2.82. The maximum Gasteiger partial charge on any atom is 0.229 e. The van der Waals surface area contributed by atoms with Crippen molar-refractivity contribution in [2.45, 2.75) is 32.8 Å². The Morgan fingerprint density at radius 3 is 2.92 bits per heavy atom. The van der Waals surface area contributed by atoms with E-state index < -0.39 is 0 Å². The summed E-state index contributed by atoms with van der Waals surface area (Å²) < 4.78 is 25.0. The number of hydrogen-bond acceptors (Lipinski definition) is 3. The van der Waals surface area contributed by atoms with Crippen LogP contribution >= 0.6 is 0 Å². The number of rotatable bonds is 5. The zero-order valence-corrected chi connectivity index (χ0v) is 13.8. The van der Waals surface area contributed by atoms with Gasteiger partial charge >= 0.3 is 0 Å². The molecule has 2 aromatic carbocycles. The highest BCUT2D eigenvalue weighted by Gasteiger charge is 2.22. The van der Waals surface area contributed by atoms with Crippen molar-refractivity contribution in [1.82, 2.24) is 0 Å². The molecule has 0 aromatic heterocycles. The Kier molecular flexibility index (Phi) is 4.69. The van der Waals surface area contributed by atoms with E-state index in [9.17, 15) is 9.18 Å². The Morgan fingerprint density at radius 1 is 1.38 bits per heavy atom. The minimum Gasteiger partial charge on any atom is -0.492 e. The molecule has 0 aliphatic carbocycles. The van der Waals surface area contributed by atoms with E-state index in [4.69, 9.17) is 9.47 Å². The number of nitrogens with one attached hydrogen (secondary N) is 1. The van der Waals surface area contributed by atoms with Crippen molar-refractivity contribution in [3.8, 4) is 11.5 Å². The van der Waals surface area contributed by atoms with Crippen molar-refractivity contribution in [1.29, 1.82) is 0 Å². The number of anilines is 1. The maximum absolute atomic E-state index is 13.7. The van der Waals surface area contributed by atoms with Crippen molar-refractivity contribution in [2.24, 2.45) is 0 Å². The molecule has 1 aliphatic rings. The Hall–Kier alpha value is -2.56. The highest BCUT2D eigenvalue weighted by atomic mass is 19.1. The van der Waals surface area contributed by atoms with Gasteiger partial charge in [0.1, 0.15) is 23.4 Å². The second-order valence-electron chi connectivity index (χ2n) is 5.84. The van der Waals surface area contributed by atoms with Crippen molar-refractivity contribution < 1.29 is 18.7 Å². The Balaban J connectivity index is 1.80. The van der Waals surface area contributed by atoms with Crippen LogP contribution in [0.5, 0.6) is 11.5 Å². The molecule has 0 spiro atoms. The number of benzene rings is 2. The zero-order chi connectivity index (χ0) is 17.1. The van der Waals surface area contributed by atoms with Gasteiger partial charge < -0.3 is 14.8 Å². The summed E-state index contributed by atoms with van der Waals surface area (Å²) in [5.74, 6) is 0.679. The average molecular weight is 329 g/mol. The van der Waals surface area contributed by atoms with Gasteiger partial charge in [0.15, 0.2) is 0 Å². The second-order valence-corrected chi connectivity index (χ2v) is 5.84. The van der Waals surface area contributed by atoms with Crippen LogP contribution in [-0.2, 0) is 17.6 Å². The minimum atomic E-state index is -0.385. The largest absolute Gasteiger partial charge is 0.492 e. The number of carbonyl (C=O) groups excluding carboxylic acids is 1. The summed E-state index contributed by atoms with van der Waals surface area (Å²) >= 11 is 0. The molecule has 4 nitrogen and oxygen atoms in total. The van der Waals surface area contributed by atoms with Crippen LogP contribution in [0.1, 0.15) is 25.0 Å². The van der Waals surface area contributed by atoms with Gasteiger partial charge in [0.2, 0.25) is 5.91 Å². The zero-order valence-electron chi connectivity index (χ0n) is 13.8. The van der Waals surface area contributed by atoms with Gasteiger partial charge in [0, 0.05) is 18.1 Å². The van der Waals surface area contributed by atoms with Gasteiger partial charge in [-0.15, -0.1) is 0 Å². The van der Waals surface area contributed by atoms with Gasteiger partial charge in [0.25, 0.3) is 0 Å². The molecule has 0 radical (unpaired) electrons. The van der Waals surface area contributed by atoms with E-state index in [0.717, 1.165) is 17.7 Å². The van der Waals surface area contributed by atoms with Crippen LogP contribution in [0.3, 0.4) is 0 Å². The number of ether oxygens (including phenoxy) is 2. The van der Waals surface area contributed by atoms with Gasteiger partial charge in [-0.05, 0) is 31.5 Å². The van der Waals surface area contributed by atoms with Gasteiger partial charge in [0.05, 0.1) is 18.7 Å². The topological polar surface area (TPSA) is 47.6 Å². The van der Waals surface area contributed by atoms with E-state index in [1.54, 1.807) is 24.3 Å². The highest BCUT2D eigenvalue weighted by Crippen LogP contribution is 2.38. The first-order valence-electron chi connectivity index (χ1n) is 8.06. The van der Waals surface area contributed by atoms with Gasteiger partial charge in [-0.3, -0.25) is 4.79 Å². The average Bonchev–Trinajstić information content (AvgIpc) is 2.89. The van der Waals surface area contributed by atoms with Gasteiger partial charge in [-0.1, -0.05) is 18.2 Å². The van der Waals surface area contributed by atoms with E-state index in [1.807, 2.05) is 19.9 Å². The Bertz CT molecular complexity index is 760. The lowest BCUT2D eigenvalue weighted by molar-refractivity contribution is -0.115. The predicted molar refractivity (Wildman–Crippen MR) is 90.1 cm³/mol. The van der Waals surface area contributed by atoms with E-state index in [0.29, 0.717) is 23.6 Å². The lowest BCUT2D eigenvalue weighted by Gasteiger charge is -2.13. The minimum absolute atomic E-state index is 0.0351. The summed E-state index contributed by atoms with van der Waals surface area (Å²) in [5, 5.41) is 2.80. The highest BCUT2D eigenvalue weighted by molar-refractivity contribution is 5.94. The fraction of sp³-hybridized carbons (Fsp3) is 0.316. The summed E-state index contributed by atoms with van der Waals surface area (Å²) in [7, 11) is 0. The SMILES string of the molecule is CCOc1cc2c(cc1NC(=O)Cc1ccccc1F)OC(C)C2. The van der Waals surface area contributed by atoms with Crippen molar-refractivity contribution in [2.75, 3.05) is 11.9 Å². The number of amides is 1. The summed E-state index contributed by atoms with van der Waals surface area (Å²) in [6, 6.07) is 9.94. The smallest absolute Gasteiger partial charge is 0.229 e. The molecule has 3 rings (SSSR count). The molecule has 5 heteroatoms. The molecular formula is C19H20FNO3. The molecule has 0 saturated carbocycles. The first-order chi connectivity index (χ1) is 11.6. The van der Waals surface area contributed by atoms with Crippen LogP contribution < -0.4 is 14.8 Å². The number of carbonyl (C=O) groups is 1. The molecule has 1 heterocycles.